The van der Waals surface area contributed by atoms with E-state index < -0.39 is 13.6 Å². The summed E-state index contributed by atoms with van der Waals surface area (Å²) in [5.74, 6) is 0.826. The topological polar surface area (TPSA) is 61.8 Å². The molecule has 0 fully saturated rings. The van der Waals surface area contributed by atoms with Crippen LogP contribution in [0, 0.1) is 0 Å². The van der Waals surface area contributed by atoms with E-state index in [0.29, 0.717) is 13.2 Å². The van der Waals surface area contributed by atoms with Crippen molar-refractivity contribution in [2.75, 3.05) is 20.3 Å². The zero-order valence-electron chi connectivity index (χ0n) is 9.71. The first-order valence-corrected chi connectivity index (χ1v) is 6.51. The van der Waals surface area contributed by atoms with E-state index in [1.165, 1.54) is 31.2 Å². The molecule has 0 heterocycles. The maximum Gasteiger partial charge on any atom is 0.354 e. The van der Waals surface area contributed by atoms with Gasteiger partial charge in [0.2, 0.25) is 0 Å². The van der Waals surface area contributed by atoms with Crippen LogP contribution in [-0.4, -0.2) is 26.3 Å². The Labute approximate surface area is 95.6 Å². The first kappa shape index (κ1) is 15.1. The molecule has 0 aliphatic carbocycles. The molecule has 0 spiro atoms. The number of carbonyl (C=O) groups excluding carboxylic acids is 1. The zero-order valence-corrected chi connectivity index (χ0v) is 10.6. The molecule has 5 nitrogen and oxygen atoms in total. The van der Waals surface area contributed by atoms with E-state index in [1.54, 1.807) is 13.8 Å². The molecule has 0 saturated carbocycles. The Bertz CT molecular complexity index is 298. The van der Waals surface area contributed by atoms with E-state index in [-0.39, 0.29) is 0 Å². The van der Waals surface area contributed by atoms with Crippen molar-refractivity contribution >= 4 is 13.6 Å². The lowest BCUT2D eigenvalue weighted by Gasteiger charge is -2.11. The van der Waals surface area contributed by atoms with Crippen LogP contribution in [0.2, 0.25) is 0 Å². The highest BCUT2D eigenvalue weighted by atomic mass is 31.2. The van der Waals surface area contributed by atoms with Crippen LogP contribution in [0.1, 0.15) is 13.8 Å². The summed E-state index contributed by atoms with van der Waals surface area (Å²) < 4.78 is 26.2. The molecule has 0 atom stereocenters. The van der Waals surface area contributed by atoms with E-state index in [9.17, 15) is 9.36 Å². The Balaban J connectivity index is 4.40. The van der Waals surface area contributed by atoms with Crippen LogP contribution in [0.25, 0.3) is 0 Å². The average Bonchev–Trinajstić information content (AvgIpc) is 2.25. The van der Waals surface area contributed by atoms with Gasteiger partial charge in [-0.3, -0.25) is 4.57 Å². The molecule has 0 rings (SSSR count). The molecule has 0 aliphatic heterocycles. The fourth-order valence-electron chi connectivity index (χ4n) is 0.840. The van der Waals surface area contributed by atoms with E-state index in [0.717, 1.165) is 0 Å². The van der Waals surface area contributed by atoms with Crippen molar-refractivity contribution in [1.82, 2.24) is 0 Å². The molecule has 0 radical (unpaired) electrons. The first-order chi connectivity index (χ1) is 7.58. The van der Waals surface area contributed by atoms with Crippen LogP contribution in [0.15, 0.2) is 24.0 Å². The highest BCUT2D eigenvalue weighted by molar-refractivity contribution is 7.57. The highest BCUT2D eigenvalue weighted by Gasteiger charge is 2.17. The number of allylic oxidation sites excluding steroid dienone is 2. The SMILES string of the molecule is CCOP(=O)(C=CC=CC(=O)OC)OCC. The number of hydrogen-bond donors (Lipinski definition) is 0. The Hall–Kier alpha value is -0.900. The molecule has 0 saturated heterocycles. The minimum atomic E-state index is -3.17. The molecule has 92 valence electrons. The molecule has 0 aromatic rings. The molecule has 0 unspecified atom stereocenters. The summed E-state index contributed by atoms with van der Waals surface area (Å²) in [7, 11) is -1.89. The van der Waals surface area contributed by atoms with Gasteiger partial charge < -0.3 is 13.8 Å². The molecule has 0 aromatic carbocycles. The summed E-state index contributed by atoms with van der Waals surface area (Å²) in [6.07, 6.45) is 4.05. The quantitative estimate of drug-likeness (QED) is 0.300. The molecule has 0 bridgehead atoms. The highest BCUT2D eigenvalue weighted by Crippen LogP contribution is 2.49. The maximum atomic E-state index is 11.8. The Kier molecular flexibility index (Phi) is 7.81. The second-order valence-electron chi connectivity index (χ2n) is 2.60. The smallest absolute Gasteiger partial charge is 0.354 e. The zero-order chi connectivity index (χ0) is 12.4. The van der Waals surface area contributed by atoms with Crippen LogP contribution in [0.4, 0.5) is 0 Å². The first-order valence-electron chi connectivity index (χ1n) is 4.90. The van der Waals surface area contributed by atoms with Crippen LogP contribution >= 0.6 is 7.60 Å². The molecule has 0 amide bonds. The fraction of sp³-hybridized carbons (Fsp3) is 0.500. The third-order valence-electron chi connectivity index (χ3n) is 1.43. The van der Waals surface area contributed by atoms with E-state index in [1.807, 2.05) is 0 Å². The van der Waals surface area contributed by atoms with E-state index in [4.69, 9.17) is 9.05 Å². The predicted molar refractivity (Wildman–Crippen MR) is 61.2 cm³/mol. The van der Waals surface area contributed by atoms with Gasteiger partial charge in [-0.25, -0.2) is 4.79 Å². The van der Waals surface area contributed by atoms with Gasteiger partial charge in [0.25, 0.3) is 0 Å². The molecule has 16 heavy (non-hydrogen) atoms. The van der Waals surface area contributed by atoms with Crippen molar-refractivity contribution in [3.05, 3.63) is 24.0 Å². The van der Waals surface area contributed by atoms with Crippen molar-refractivity contribution in [3.63, 3.8) is 0 Å². The third-order valence-corrected chi connectivity index (χ3v) is 3.20. The normalized spacial score (nSPS) is 12.4. The Morgan fingerprint density at radius 1 is 1.19 bits per heavy atom. The molecule has 6 heteroatoms. The van der Waals surface area contributed by atoms with Gasteiger partial charge in [0.05, 0.1) is 20.3 Å². The van der Waals surface area contributed by atoms with Crippen LogP contribution in [0.5, 0.6) is 0 Å². The van der Waals surface area contributed by atoms with Gasteiger partial charge in [0.15, 0.2) is 0 Å². The summed E-state index contributed by atoms with van der Waals surface area (Å²) in [6, 6.07) is 0. The molecular formula is C10H17O5P. The average molecular weight is 248 g/mol. The second kappa shape index (κ2) is 8.28. The van der Waals surface area contributed by atoms with Crippen molar-refractivity contribution in [1.29, 1.82) is 0 Å². The summed E-state index contributed by atoms with van der Waals surface area (Å²) in [6.45, 7) is 4.04. The van der Waals surface area contributed by atoms with Gasteiger partial charge in [-0.15, -0.1) is 0 Å². The lowest BCUT2D eigenvalue weighted by molar-refractivity contribution is -0.134. The fourth-order valence-corrected chi connectivity index (χ4v) is 2.12. The summed E-state index contributed by atoms with van der Waals surface area (Å²) in [5, 5.41) is 0. The van der Waals surface area contributed by atoms with Crippen molar-refractivity contribution in [2.24, 2.45) is 0 Å². The van der Waals surface area contributed by atoms with Crippen LogP contribution in [0.3, 0.4) is 0 Å². The van der Waals surface area contributed by atoms with E-state index in [2.05, 4.69) is 4.74 Å². The number of hydrogen-bond acceptors (Lipinski definition) is 5. The number of carbonyl (C=O) groups is 1. The van der Waals surface area contributed by atoms with Gasteiger partial charge in [-0.05, 0) is 13.8 Å². The second-order valence-corrected chi connectivity index (χ2v) is 4.49. The lowest BCUT2D eigenvalue weighted by atomic mass is 10.5. The number of methoxy groups -OCH3 is 1. The monoisotopic (exact) mass is 248 g/mol. The van der Waals surface area contributed by atoms with E-state index >= 15 is 0 Å². The number of rotatable bonds is 7. The van der Waals surface area contributed by atoms with Crippen LogP contribution < -0.4 is 0 Å². The van der Waals surface area contributed by atoms with Gasteiger partial charge in [0, 0.05) is 11.9 Å². The number of ether oxygens (including phenoxy) is 1. The Morgan fingerprint density at radius 3 is 2.19 bits per heavy atom. The van der Waals surface area contributed by atoms with Gasteiger partial charge in [-0.1, -0.05) is 12.2 Å². The minimum Gasteiger partial charge on any atom is -0.466 e. The molecule has 0 aromatic heterocycles. The van der Waals surface area contributed by atoms with Gasteiger partial charge in [0.1, 0.15) is 0 Å². The summed E-state index contributed by atoms with van der Waals surface area (Å²) >= 11 is 0. The standard InChI is InChI=1S/C10H17O5P/c1-4-14-16(12,15-5-2)9-7-6-8-10(11)13-3/h6-9H,4-5H2,1-3H3. The lowest BCUT2D eigenvalue weighted by Crippen LogP contribution is -1.93. The largest absolute Gasteiger partial charge is 0.466 e. The summed E-state index contributed by atoms with van der Waals surface area (Å²) in [5.41, 5.74) is 0. The van der Waals surface area contributed by atoms with Crippen molar-refractivity contribution < 1.29 is 23.1 Å². The summed E-state index contributed by atoms with van der Waals surface area (Å²) in [4.78, 5) is 10.7. The third kappa shape index (κ3) is 6.56. The van der Waals surface area contributed by atoms with Crippen molar-refractivity contribution in [2.45, 2.75) is 13.8 Å². The molecular weight excluding hydrogens is 231 g/mol. The predicted octanol–water partition coefficient (Wildman–Crippen LogP) is 2.50. The van der Waals surface area contributed by atoms with Crippen molar-refractivity contribution in [3.8, 4) is 0 Å². The van der Waals surface area contributed by atoms with Gasteiger partial charge in [-0.2, -0.15) is 0 Å². The van der Waals surface area contributed by atoms with Gasteiger partial charge >= 0.3 is 13.6 Å². The minimum absolute atomic E-state index is 0.294. The molecule has 0 aliphatic rings. The number of esters is 1. The Morgan fingerprint density at radius 2 is 1.75 bits per heavy atom. The van der Waals surface area contributed by atoms with Crippen LogP contribution in [-0.2, 0) is 23.1 Å². The molecule has 0 N–H and O–H groups in total. The maximum absolute atomic E-state index is 11.8.